The van der Waals surface area contributed by atoms with Gasteiger partial charge in [0.25, 0.3) is 5.56 Å². The van der Waals surface area contributed by atoms with Crippen molar-refractivity contribution < 1.29 is 9.47 Å². The third kappa shape index (κ3) is 5.63. The molecule has 186 valence electrons. The number of aryl methyl sites for hydroxylation is 1. The zero-order chi connectivity index (χ0) is 26.0. The Balaban J connectivity index is 1.82. The third-order valence-corrected chi connectivity index (χ3v) is 6.24. The number of hydrogen-bond acceptors (Lipinski definition) is 5. The topological polar surface area (TPSA) is 65.7 Å². The van der Waals surface area contributed by atoms with Crippen molar-refractivity contribution >= 4 is 44.6 Å². The molecule has 36 heavy (non-hydrogen) atoms. The number of fused-ring (bicyclic) bond motifs is 1. The summed E-state index contributed by atoms with van der Waals surface area (Å²) in [6, 6.07) is 16.9. The highest BCUT2D eigenvalue weighted by Crippen LogP contribution is 2.34. The predicted octanol–water partition coefficient (Wildman–Crippen LogP) is 6.89. The molecule has 0 fully saturated rings. The summed E-state index contributed by atoms with van der Waals surface area (Å²) in [5, 5.41) is 5.50. The molecule has 1 heterocycles. The lowest BCUT2D eigenvalue weighted by atomic mass is 9.95. The molecule has 0 bridgehead atoms. The van der Waals surface area contributed by atoms with Crippen LogP contribution in [0.5, 0.6) is 11.5 Å². The van der Waals surface area contributed by atoms with E-state index in [4.69, 9.17) is 26.1 Å². The number of rotatable bonds is 6. The fourth-order valence-corrected chi connectivity index (χ4v) is 4.39. The number of nitrogens with zero attached hydrogens (tertiary/aromatic N) is 3. The highest BCUT2D eigenvalue weighted by Gasteiger charge is 2.23. The van der Waals surface area contributed by atoms with E-state index in [1.54, 1.807) is 31.5 Å². The summed E-state index contributed by atoms with van der Waals surface area (Å²) in [6.07, 6.45) is 1.56. The average Bonchev–Trinajstić information content (AvgIpc) is 2.82. The van der Waals surface area contributed by atoms with Crippen molar-refractivity contribution in [3.05, 3.63) is 97.0 Å². The molecule has 0 radical (unpaired) electrons. The maximum absolute atomic E-state index is 13.5. The Hall–Kier alpha value is -3.16. The van der Waals surface area contributed by atoms with Crippen molar-refractivity contribution in [3.63, 3.8) is 0 Å². The minimum absolute atomic E-state index is 0.265. The van der Waals surface area contributed by atoms with Crippen LogP contribution in [0, 0.1) is 6.92 Å². The molecule has 0 atom stereocenters. The lowest BCUT2D eigenvalue weighted by Gasteiger charge is -2.21. The van der Waals surface area contributed by atoms with Gasteiger partial charge in [0.05, 0.1) is 24.2 Å². The van der Waals surface area contributed by atoms with Crippen LogP contribution in [-0.2, 0) is 12.0 Å². The van der Waals surface area contributed by atoms with Crippen molar-refractivity contribution in [2.75, 3.05) is 7.11 Å². The van der Waals surface area contributed by atoms with E-state index in [0.29, 0.717) is 45.4 Å². The van der Waals surface area contributed by atoms with Crippen LogP contribution in [0.1, 0.15) is 43.3 Å². The van der Waals surface area contributed by atoms with E-state index < -0.39 is 5.41 Å². The molecule has 0 unspecified atom stereocenters. The first-order valence-electron chi connectivity index (χ1n) is 11.4. The van der Waals surface area contributed by atoms with Gasteiger partial charge in [0.2, 0.25) is 0 Å². The Morgan fingerprint density at radius 2 is 1.92 bits per heavy atom. The van der Waals surface area contributed by atoms with E-state index in [2.05, 4.69) is 27.1 Å². The van der Waals surface area contributed by atoms with Gasteiger partial charge in [0, 0.05) is 26.5 Å². The minimum atomic E-state index is -0.436. The average molecular weight is 569 g/mol. The van der Waals surface area contributed by atoms with E-state index in [1.807, 2.05) is 58.0 Å². The highest BCUT2D eigenvalue weighted by molar-refractivity contribution is 9.10. The van der Waals surface area contributed by atoms with E-state index in [0.717, 1.165) is 15.6 Å². The van der Waals surface area contributed by atoms with Crippen LogP contribution in [0.3, 0.4) is 0 Å². The molecule has 0 aliphatic rings. The van der Waals surface area contributed by atoms with E-state index in [1.165, 1.54) is 4.68 Å². The standard InChI is InChI=1S/C28H27BrClN3O3/c1-17-7-6-8-18(11-17)16-36-25-19(12-21(30)14-24(25)35-5)15-31-33-26(34)22-13-20(29)9-10-23(22)32-27(33)28(2,3)4/h6-15H,16H2,1-5H3. The van der Waals surface area contributed by atoms with Crippen LogP contribution in [0.4, 0.5) is 0 Å². The second-order valence-corrected chi connectivity index (χ2v) is 10.9. The Labute approximate surface area is 223 Å². The molecule has 0 spiro atoms. The number of methoxy groups -OCH3 is 1. The van der Waals surface area contributed by atoms with Crippen LogP contribution in [0.15, 0.2) is 69.0 Å². The molecule has 0 aliphatic heterocycles. The first-order valence-corrected chi connectivity index (χ1v) is 12.6. The molecule has 0 aliphatic carbocycles. The molecule has 4 rings (SSSR count). The highest BCUT2D eigenvalue weighted by atomic mass is 79.9. The number of hydrogen-bond donors (Lipinski definition) is 0. The van der Waals surface area contributed by atoms with Gasteiger partial charge < -0.3 is 9.47 Å². The zero-order valence-electron chi connectivity index (χ0n) is 20.8. The summed E-state index contributed by atoms with van der Waals surface area (Å²) in [4.78, 5) is 18.3. The summed E-state index contributed by atoms with van der Waals surface area (Å²) in [5.74, 6) is 1.49. The Morgan fingerprint density at radius 1 is 1.14 bits per heavy atom. The summed E-state index contributed by atoms with van der Waals surface area (Å²) >= 11 is 9.81. The maximum Gasteiger partial charge on any atom is 0.282 e. The molecular weight excluding hydrogens is 542 g/mol. The summed E-state index contributed by atoms with van der Waals surface area (Å²) in [6.45, 7) is 8.34. The van der Waals surface area contributed by atoms with E-state index in [-0.39, 0.29) is 5.56 Å². The molecule has 0 saturated heterocycles. The second-order valence-electron chi connectivity index (χ2n) is 9.51. The van der Waals surface area contributed by atoms with E-state index in [9.17, 15) is 4.79 Å². The molecular formula is C28H27BrClN3O3. The van der Waals surface area contributed by atoms with Gasteiger partial charge in [-0.25, -0.2) is 4.98 Å². The second kappa shape index (κ2) is 10.4. The Bertz CT molecular complexity index is 1520. The molecule has 8 heteroatoms. The number of ether oxygens (including phenoxy) is 2. The summed E-state index contributed by atoms with van der Waals surface area (Å²) in [5.41, 5.74) is 2.66. The van der Waals surface area contributed by atoms with Crippen molar-refractivity contribution in [3.8, 4) is 11.5 Å². The van der Waals surface area contributed by atoms with Gasteiger partial charge in [-0.3, -0.25) is 4.79 Å². The zero-order valence-corrected chi connectivity index (χ0v) is 23.1. The summed E-state index contributed by atoms with van der Waals surface area (Å²) in [7, 11) is 1.55. The van der Waals surface area contributed by atoms with Gasteiger partial charge in [-0.1, -0.05) is 78.1 Å². The minimum Gasteiger partial charge on any atom is -0.493 e. The van der Waals surface area contributed by atoms with Crippen LogP contribution in [0.25, 0.3) is 10.9 Å². The molecule has 0 amide bonds. The fraction of sp³-hybridized carbons (Fsp3) is 0.250. The van der Waals surface area contributed by atoms with Crippen molar-refractivity contribution in [1.29, 1.82) is 0 Å². The van der Waals surface area contributed by atoms with Crippen LogP contribution in [-0.4, -0.2) is 23.0 Å². The monoisotopic (exact) mass is 567 g/mol. The van der Waals surface area contributed by atoms with Crippen molar-refractivity contribution in [1.82, 2.24) is 9.66 Å². The normalized spacial score (nSPS) is 11.9. The van der Waals surface area contributed by atoms with Crippen molar-refractivity contribution in [2.24, 2.45) is 5.10 Å². The first kappa shape index (κ1) is 25.9. The molecule has 3 aromatic carbocycles. The molecule has 1 aromatic heterocycles. The first-order chi connectivity index (χ1) is 17.1. The largest absolute Gasteiger partial charge is 0.493 e. The SMILES string of the molecule is COc1cc(Cl)cc(C=Nn2c(C(C)(C)C)nc3ccc(Br)cc3c2=O)c1OCc1cccc(C)c1. The molecule has 0 saturated carbocycles. The molecule has 0 N–H and O–H groups in total. The fourth-order valence-electron chi connectivity index (χ4n) is 3.81. The molecule has 4 aromatic rings. The van der Waals surface area contributed by atoms with Crippen molar-refractivity contribution in [2.45, 2.75) is 39.7 Å². The molecule has 6 nitrogen and oxygen atoms in total. The Morgan fingerprint density at radius 3 is 2.61 bits per heavy atom. The number of benzene rings is 3. The lowest BCUT2D eigenvalue weighted by molar-refractivity contribution is 0.284. The van der Waals surface area contributed by atoms with Gasteiger partial charge in [0.1, 0.15) is 12.4 Å². The van der Waals surface area contributed by atoms with Crippen LogP contribution >= 0.6 is 27.5 Å². The van der Waals surface area contributed by atoms with Gasteiger partial charge >= 0.3 is 0 Å². The number of halogens is 2. The maximum atomic E-state index is 13.5. The van der Waals surface area contributed by atoms with Gasteiger partial charge in [0.15, 0.2) is 11.5 Å². The van der Waals surface area contributed by atoms with Gasteiger partial charge in [-0.05, 0) is 36.8 Å². The predicted molar refractivity (Wildman–Crippen MR) is 149 cm³/mol. The third-order valence-electron chi connectivity index (χ3n) is 5.53. The Kier molecular flexibility index (Phi) is 7.52. The number of aromatic nitrogens is 2. The van der Waals surface area contributed by atoms with Gasteiger partial charge in [-0.2, -0.15) is 9.78 Å². The van der Waals surface area contributed by atoms with E-state index >= 15 is 0 Å². The quantitative estimate of drug-likeness (QED) is 0.238. The van der Waals surface area contributed by atoms with Crippen LogP contribution in [0.2, 0.25) is 5.02 Å². The lowest BCUT2D eigenvalue weighted by Crippen LogP contribution is -2.29. The van der Waals surface area contributed by atoms with Gasteiger partial charge in [-0.15, -0.1) is 0 Å². The smallest absolute Gasteiger partial charge is 0.282 e. The summed E-state index contributed by atoms with van der Waals surface area (Å²) < 4.78 is 13.9. The van der Waals surface area contributed by atoms with Crippen LogP contribution < -0.4 is 15.0 Å².